The summed E-state index contributed by atoms with van der Waals surface area (Å²) in [4.78, 5) is 25.6. The van der Waals surface area contributed by atoms with Crippen molar-refractivity contribution in [3.8, 4) is 0 Å². The summed E-state index contributed by atoms with van der Waals surface area (Å²) in [5, 5.41) is 0. The zero-order valence-electron chi connectivity index (χ0n) is 11.0. The summed E-state index contributed by atoms with van der Waals surface area (Å²) in [5.41, 5.74) is 0.788. The molecule has 0 unspecified atom stereocenters. The van der Waals surface area contributed by atoms with E-state index in [0.29, 0.717) is 12.8 Å². The molecule has 1 aliphatic heterocycles. The summed E-state index contributed by atoms with van der Waals surface area (Å²) < 4.78 is 0. The Morgan fingerprint density at radius 2 is 1.94 bits per heavy atom. The topological polar surface area (TPSA) is 37.4 Å². The molecule has 1 saturated heterocycles. The van der Waals surface area contributed by atoms with E-state index in [1.807, 2.05) is 44.2 Å². The summed E-state index contributed by atoms with van der Waals surface area (Å²) in [6.07, 6.45) is 1.71. The molecule has 1 aromatic rings. The predicted octanol–water partition coefficient (Wildman–Crippen LogP) is 2.20. The van der Waals surface area contributed by atoms with Crippen LogP contribution < -0.4 is 0 Å². The molecule has 0 saturated carbocycles. The SMILES string of the molecule is CC1(C)CCC(=O)CN1C(=O)Cc1ccccc1. The molecule has 1 amide bonds. The lowest BCUT2D eigenvalue weighted by Crippen LogP contribution is -2.54. The van der Waals surface area contributed by atoms with Crippen LogP contribution in [-0.2, 0) is 16.0 Å². The quantitative estimate of drug-likeness (QED) is 0.801. The molecule has 0 spiro atoms. The Labute approximate surface area is 108 Å². The number of carbonyl (C=O) groups is 2. The Bertz CT molecular complexity index is 451. The number of hydrogen-bond donors (Lipinski definition) is 0. The van der Waals surface area contributed by atoms with Gasteiger partial charge in [-0.3, -0.25) is 9.59 Å². The van der Waals surface area contributed by atoms with E-state index in [1.54, 1.807) is 4.90 Å². The van der Waals surface area contributed by atoms with Gasteiger partial charge in [0.1, 0.15) is 0 Å². The molecule has 1 heterocycles. The lowest BCUT2D eigenvalue weighted by atomic mass is 9.89. The van der Waals surface area contributed by atoms with Gasteiger partial charge in [-0.05, 0) is 25.8 Å². The van der Waals surface area contributed by atoms with E-state index >= 15 is 0 Å². The number of hydrogen-bond acceptors (Lipinski definition) is 2. The van der Waals surface area contributed by atoms with Crippen LogP contribution in [0.15, 0.2) is 30.3 Å². The average molecular weight is 245 g/mol. The second-order valence-corrected chi connectivity index (χ2v) is 5.49. The number of Topliss-reactive ketones (excluding diaryl/α,β-unsaturated/α-hetero) is 1. The Morgan fingerprint density at radius 1 is 1.28 bits per heavy atom. The molecule has 0 N–H and O–H groups in total. The highest BCUT2D eigenvalue weighted by molar-refractivity contribution is 5.88. The lowest BCUT2D eigenvalue weighted by Gasteiger charge is -2.41. The van der Waals surface area contributed by atoms with Crippen LogP contribution in [-0.4, -0.2) is 28.7 Å². The molecule has 0 aliphatic carbocycles. The Hall–Kier alpha value is -1.64. The number of likely N-dealkylation sites (tertiary alicyclic amines) is 1. The summed E-state index contributed by atoms with van der Waals surface area (Å²) in [6.45, 7) is 4.32. The largest absolute Gasteiger partial charge is 0.330 e. The van der Waals surface area contributed by atoms with Crippen LogP contribution in [0.3, 0.4) is 0 Å². The monoisotopic (exact) mass is 245 g/mol. The summed E-state index contributed by atoms with van der Waals surface area (Å²) >= 11 is 0. The number of carbonyl (C=O) groups excluding carboxylic acids is 2. The van der Waals surface area contributed by atoms with Crippen molar-refractivity contribution in [2.75, 3.05) is 6.54 Å². The maximum absolute atomic E-state index is 12.3. The van der Waals surface area contributed by atoms with Crippen LogP contribution >= 0.6 is 0 Å². The summed E-state index contributed by atoms with van der Waals surface area (Å²) in [5.74, 6) is 0.204. The second kappa shape index (κ2) is 4.92. The van der Waals surface area contributed by atoms with Crippen molar-refractivity contribution in [2.45, 2.75) is 38.6 Å². The molecule has 0 atom stereocenters. The Balaban J connectivity index is 2.10. The van der Waals surface area contributed by atoms with Gasteiger partial charge < -0.3 is 4.90 Å². The normalized spacial score (nSPS) is 18.8. The molecular formula is C15H19NO2. The van der Waals surface area contributed by atoms with Crippen LogP contribution in [0.4, 0.5) is 0 Å². The van der Waals surface area contributed by atoms with Gasteiger partial charge in [0, 0.05) is 12.0 Å². The molecule has 0 aromatic heterocycles. The number of amides is 1. The maximum atomic E-state index is 12.3. The van der Waals surface area contributed by atoms with Gasteiger partial charge in [0.2, 0.25) is 5.91 Å². The van der Waals surface area contributed by atoms with Crippen LogP contribution in [0.25, 0.3) is 0 Å². The molecule has 2 rings (SSSR count). The van der Waals surface area contributed by atoms with Gasteiger partial charge in [-0.15, -0.1) is 0 Å². The van der Waals surface area contributed by atoms with Crippen molar-refractivity contribution in [3.63, 3.8) is 0 Å². The predicted molar refractivity (Wildman–Crippen MR) is 70.2 cm³/mol. The zero-order chi connectivity index (χ0) is 13.2. The fraction of sp³-hybridized carbons (Fsp3) is 0.467. The lowest BCUT2D eigenvalue weighted by molar-refractivity contribution is -0.144. The number of nitrogens with zero attached hydrogens (tertiary/aromatic N) is 1. The van der Waals surface area contributed by atoms with Gasteiger partial charge in [0.15, 0.2) is 5.78 Å². The van der Waals surface area contributed by atoms with Crippen LogP contribution in [0.1, 0.15) is 32.3 Å². The van der Waals surface area contributed by atoms with Crippen molar-refractivity contribution in [2.24, 2.45) is 0 Å². The van der Waals surface area contributed by atoms with Crippen molar-refractivity contribution in [3.05, 3.63) is 35.9 Å². The van der Waals surface area contributed by atoms with Gasteiger partial charge in [0.25, 0.3) is 0 Å². The van der Waals surface area contributed by atoms with Crippen molar-refractivity contribution in [1.29, 1.82) is 0 Å². The van der Waals surface area contributed by atoms with Gasteiger partial charge in [-0.25, -0.2) is 0 Å². The highest BCUT2D eigenvalue weighted by atomic mass is 16.2. The van der Waals surface area contributed by atoms with Gasteiger partial charge >= 0.3 is 0 Å². The van der Waals surface area contributed by atoms with E-state index in [-0.39, 0.29) is 23.8 Å². The molecule has 96 valence electrons. The minimum absolute atomic E-state index is 0.0410. The molecule has 18 heavy (non-hydrogen) atoms. The third-order valence-electron chi connectivity index (χ3n) is 3.58. The van der Waals surface area contributed by atoms with E-state index in [0.717, 1.165) is 12.0 Å². The van der Waals surface area contributed by atoms with Crippen molar-refractivity contribution < 1.29 is 9.59 Å². The Morgan fingerprint density at radius 3 is 2.61 bits per heavy atom. The van der Waals surface area contributed by atoms with Crippen LogP contribution in [0.5, 0.6) is 0 Å². The molecular weight excluding hydrogens is 226 g/mol. The number of rotatable bonds is 2. The smallest absolute Gasteiger partial charge is 0.227 e. The third kappa shape index (κ3) is 2.78. The van der Waals surface area contributed by atoms with E-state index in [4.69, 9.17) is 0 Å². The number of benzene rings is 1. The van der Waals surface area contributed by atoms with Gasteiger partial charge in [-0.1, -0.05) is 30.3 Å². The average Bonchev–Trinajstić information content (AvgIpc) is 2.33. The van der Waals surface area contributed by atoms with E-state index in [1.165, 1.54) is 0 Å². The first-order valence-electron chi connectivity index (χ1n) is 6.35. The highest BCUT2D eigenvalue weighted by Crippen LogP contribution is 2.26. The molecule has 1 aromatic carbocycles. The summed E-state index contributed by atoms with van der Waals surface area (Å²) in [7, 11) is 0. The van der Waals surface area contributed by atoms with Gasteiger partial charge in [-0.2, -0.15) is 0 Å². The van der Waals surface area contributed by atoms with E-state index in [9.17, 15) is 9.59 Å². The molecule has 3 nitrogen and oxygen atoms in total. The number of ketones is 1. The number of piperidine rings is 1. The summed E-state index contributed by atoms with van der Waals surface area (Å²) in [6, 6.07) is 9.67. The maximum Gasteiger partial charge on any atom is 0.227 e. The highest BCUT2D eigenvalue weighted by Gasteiger charge is 2.36. The Kier molecular flexibility index (Phi) is 3.50. The van der Waals surface area contributed by atoms with E-state index < -0.39 is 0 Å². The standard InChI is InChI=1S/C15H19NO2/c1-15(2)9-8-13(17)11-16(15)14(18)10-12-6-4-3-5-7-12/h3-7H,8-11H2,1-2H3. The second-order valence-electron chi connectivity index (χ2n) is 5.49. The molecule has 1 aliphatic rings. The van der Waals surface area contributed by atoms with E-state index in [2.05, 4.69) is 0 Å². The zero-order valence-corrected chi connectivity index (χ0v) is 11.0. The molecule has 0 radical (unpaired) electrons. The minimum atomic E-state index is -0.209. The first-order valence-corrected chi connectivity index (χ1v) is 6.35. The fourth-order valence-electron chi connectivity index (χ4n) is 2.34. The van der Waals surface area contributed by atoms with Crippen molar-refractivity contribution >= 4 is 11.7 Å². The minimum Gasteiger partial charge on any atom is -0.330 e. The third-order valence-corrected chi connectivity index (χ3v) is 3.58. The molecule has 3 heteroatoms. The first-order chi connectivity index (χ1) is 8.49. The fourth-order valence-corrected chi connectivity index (χ4v) is 2.34. The van der Waals surface area contributed by atoms with Crippen LogP contribution in [0, 0.1) is 0 Å². The first kappa shape index (κ1) is 12.8. The van der Waals surface area contributed by atoms with Crippen LogP contribution in [0.2, 0.25) is 0 Å². The van der Waals surface area contributed by atoms with Gasteiger partial charge in [0.05, 0.1) is 13.0 Å². The van der Waals surface area contributed by atoms with Crippen molar-refractivity contribution in [1.82, 2.24) is 4.90 Å². The molecule has 1 fully saturated rings. The molecule has 0 bridgehead atoms.